The average Bonchev–Trinajstić information content (AvgIpc) is 2.66. The van der Waals surface area contributed by atoms with E-state index in [-0.39, 0.29) is 0 Å². The topological polar surface area (TPSA) is 34.1 Å². The third kappa shape index (κ3) is 3.01. The van der Waals surface area contributed by atoms with Gasteiger partial charge in [0.05, 0.1) is 23.8 Å². The van der Waals surface area contributed by atoms with E-state index in [9.17, 15) is 0 Å². The standard InChI is InChI=1S/C22H20N2O/c1-15-7-9-16(10-8-15)14-23-22-18-5-3-4-6-20(18)24-21-12-11-17(25-2)13-19(21)22/h3-13H,14H2,1-2H3,(H,23,24). The number of rotatable bonds is 4. The molecule has 4 aromatic rings. The maximum absolute atomic E-state index is 5.41. The van der Waals surface area contributed by atoms with Gasteiger partial charge in [0.15, 0.2) is 0 Å². The molecule has 0 radical (unpaired) electrons. The Kier molecular flexibility index (Phi) is 3.98. The molecule has 1 aromatic heterocycles. The molecule has 0 spiro atoms. The largest absolute Gasteiger partial charge is 0.497 e. The molecule has 0 amide bonds. The number of aromatic nitrogens is 1. The zero-order valence-corrected chi connectivity index (χ0v) is 14.4. The quantitative estimate of drug-likeness (QED) is 0.515. The number of nitrogens with zero attached hydrogens (tertiary/aromatic N) is 1. The predicted octanol–water partition coefficient (Wildman–Crippen LogP) is 5.32. The summed E-state index contributed by atoms with van der Waals surface area (Å²) in [6, 6.07) is 22.8. The maximum atomic E-state index is 5.41. The summed E-state index contributed by atoms with van der Waals surface area (Å²) >= 11 is 0. The lowest BCUT2D eigenvalue weighted by Gasteiger charge is -2.14. The highest BCUT2D eigenvalue weighted by Gasteiger charge is 2.10. The Hall–Kier alpha value is -3.07. The molecule has 0 aliphatic heterocycles. The van der Waals surface area contributed by atoms with Gasteiger partial charge in [-0.05, 0) is 36.8 Å². The molecule has 124 valence electrons. The fourth-order valence-corrected chi connectivity index (χ4v) is 3.08. The molecule has 0 fully saturated rings. The molecular formula is C22H20N2O. The van der Waals surface area contributed by atoms with Gasteiger partial charge < -0.3 is 10.1 Å². The number of aryl methyl sites for hydroxylation is 1. The van der Waals surface area contributed by atoms with Crippen LogP contribution in [0.2, 0.25) is 0 Å². The molecule has 0 aliphatic carbocycles. The minimum absolute atomic E-state index is 0.764. The smallest absolute Gasteiger partial charge is 0.119 e. The van der Waals surface area contributed by atoms with E-state index in [1.807, 2.05) is 30.3 Å². The third-order valence-corrected chi connectivity index (χ3v) is 4.48. The van der Waals surface area contributed by atoms with Gasteiger partial charge >= 0.3 is 0 Å². The molecule has 25 heavy (non-hydrogen) atoms. The first-order valence-corrected chi connectivity index (χ1v) is 8.40. The summed E-state index contributed by atoms with van der Waals surface area (Å²) in [5.74, 6) is 0.836. The van der Waals surface area contributed by atoms with Gasteiger partial charge in [0.1, 0.15) is 5.75 Å². The molecule has 3 heteroatoms. The van der Waals surface area contributed by atoms with Gasteiger partial charge in [-0.25, -0.2) is 4.98 Å². The van der Waals surface area contributed by atoms with Crippen LogP contribution in [0.3, 0.4) is 0 Å². The molecule has 1 N–H and O–H groups in total. The van der Waals surface area contributed by atoms with E-state index < -0.39 is 0 Å². The van der Waals surface area contributed by atoms with Crippen LogP contribution in [0.1, 0.15) is 11.1 Å². The highest BCUT2D eigenvalue weighted by Crippen LogP contribution is 2.33. The zero-order chi connectivity index (χ0) is 17.2. The number of methoxy groups -OCH3 is 1. The van der Waals surface area contributed by atoms with E-state index >= 15 is 0 Å². The van der Waals surface area contributed by atoms with Gasteiger partial charge in [-0.2, -0.15) is 0 Å². The van der Waals surface area contributed by atoms with Crippen molar-refractivity contribution in [2.45, 2.75) is 13.5 Å². The number of benzene rings is 3. The Balaban J connectivity index is 1.83. The van der Waals surface area contributed by atoms with Crippen LogP contribution in [0.5, 0.6) is 5.75 Å². The van der Waals surface area contributed by atoms with Crippen molar-refractivity contribution in [2.75, 3.05) is 12.4 Å². The first kappa shape index (κ1) is 15.5. The van der Waals surface area contributed by atoms with Crippen molar-refractivity contribution in [2.24, 2.45) is 0 Å². The molecule has 0 atom stereocenters. The summed E-state index contributed by atoms with van der Waals surface area (Å²) in [7, 11) is 1.69. The number of fused-ring (bicyclic) bond motifs is 2. The number of anilines is 1. The monoisotopic (exact) mass is 328 g/mol. The van der Waals surface area contributed by atoms with Gasteiger partial charge in [-0.1, -0.05) is 48.0 Å². The molecule has 0 unspecified atom stereocenters. The van der Waals surface area contributed by atoms with Crippen LogP contribution in [0.15, 0.2) is 66.7 Å². The Morgan fingerprint density at radius 1 is 0.880 bits per heavy atom. The summed E-state index contributed by atoms with van der Waals surface area (Å²) in [6.07, 6.45) is 0. The average molecular weight is 328 g/mol. The first-order chi connectivity index (χ1) is 12.2. The summed E-state index contributed by atoms with van der Waals surface area (Å²) in [5, 5.41) is 5.82. The number of para-hydroxylation sites is 1. The molecule has 0 aliphatic rings. The van der Waals surface area contributed by atoms with E-state index in [2.05, 4.69) is 48.6 Å². The summed E-state index contributed by atoms with van der Waals surface area (Å²) in [4.78, 5) is 4.78. The van der Waals surface area contributed by atoms with Crippen molar-refractivity contribution in [3.05, 3.63) is 77.9 Å². The van der Waals surface area contributed by atoms with Crippen LogP contribution in [0, 0.1) is 6.92 Å². The van der Waals surface area contributed by atoms with Crippen LogP contribution in [-0.2, 0) is 6.54 Å². The lowest BCUT2D eigenvalue weighted by molar-refractivity contribution is 0.415. The molecule has 3 aromatic carbocycles. The van der Waals surface area contributed by atoms with Crippen molar-refractivity contribution in [3.63, 3.8) is 0 Å². The van der Waals surface area contributed by atoms with Crippen LogP contribution in [0.4, 0.5) is 5.69 Å². The summed E-state index contributed by atoms with van der Waals surface area (Å²) in [6.45, 7) is 2.87. The Morgan fingerprint density at radius 2 is 1.64 bits per heavy atom. The van der Waals surface area contributed by atoms with Gasteiger partial charge in [-0.15, -0.1) is 0 Å². The van der Waals surface area contributed by atoms with E-state index in [4.69, 9.17) is 9.72 Å². The lowest BCUT2D eigenvalue weighted by atomic mass is 10.1. The normalized spacial score (nSPS) is 11.0. The number of ether oxygens (including phenoxy) is 1. The maximum Gasteiger partial charge on any atom is 0.119 e. The van der Waals surface area contributed by atoms with E-state index in [1.165, 1.54) is 11.1 Å². The van der Waals surface area contributed by atoms with Gasteiger partial charge in [0.25, 0.3) is 0 Å². The SMILES string of the molecule is COc1ccc2nc3ccccc3c(NCc3ccc(C)cc3)c2c1. The van der Waals surface area contributed by atoms with Crippen LogP contribution >= 0.6 is 0 Å². The fourth-order valence-electron chi connectivity index (χ4n) is 3.08. The third-order valence-electron chi connectivity index (χ3n) is 4.48. The highest BCUT2D eigenvalue weighted by molar-refractivity contribution is 6.07. The molecule has 0 saturated heterocycles. The Morgan fingerprint density at radius 3 is 2.44 bits per heavy atom. The predicted molar refractivity (Wildman–Crippen MR) is 104 cm³/mol. The van der Waals surface area contributed by atoms with E-state index in [1.54, 1.807) is 7.11 Å². The first-order valence-electron chi connectivity index (χ1n) is 8.40. The van der Waals surface area contributed by atoms with Crippen molar-refractivity contribution in [1.29, 1.82) is 0 Å². The second-order valence-electron chi connectivity index (χ2n) is 6.23. The zero-order valence-electron chi connectivity index (χ0n) is 14.4. The number of pyridine rings is 1. The van der Waals surface area contributed by atoms with E-state index in [0.717, 1.165) is 39.8 Å². The van der Waals surface area contributed by atoms with Gasteiger partial charge in [0.2, 0.25) is 0 Å². The molecule has 1 heterocycles. The van der Waals surface area contributed by atoms with Crippen molar-refractivity contribution < 1.29 is 4.74 Å². The number of hydrogen-bond donors (Lipinski definition) is 1. The Labute approximate surface area is 147 Å². The van der Waals surface area contributed by atoms with Crippen LogP contribution in [-0.4, -0.2) is 12.1 Å². The lowest BCUT2D eigenvalue weighted by Crippen LogP contribution is -2.02. The van der Waals surface area contributed by atoms with Crippen LogP contribution < -0.4 is 10.1 Å². The molecule has 0 saturated carbocycles. The minimum atomic E-state index is 0.764. The Bertz CT molecular complexity index is 1040. The molecule has 3 nitrogen and oxygen atoms in total. The van der Waals surface area contributed by atoms with Crippen molar-refractivity contribution in [1.82, 2.24) is 4.98 Å². The van der Waals surface area contributed by atoms with Crippen LogP contribution in [0.25, 0.3) is 21.8 Å². The molecular weight excluding hydrogens is 308 g/mol. The fraction of sp³-hybridized carbons (Fsp3) is 0.136. The minimum Gasteiger partial charge on any atom is -0.497 e. The summed E-state index contributed by atoms with van der Waals surface area (Å²) < 4.78 is 5.41. The van der Waals surface area contributed by atoms with Crippen molar-refractivity contribution >= 4 is 27.5 Å². The molecule has 4 rings (SSSR count). The highest BCUT2D eigenvalue weighted by atomic mass is 16.5. The van der Waals surface area contributed by atoms with Crippen molar-refractivity contribution in [3.8, 4) is 5.75 Å². The van der Waals surface area contributed by atoms with Gasteiger partial charge in [-0.3, -0.25) is 0 Å². The molecule has 0 bridgehead atoms. The second kappa shape index (κ2) is 6.44. The second-order valence-corrected chi connectivity index (χ2v) is 6.23. The summed E-state index contributed by atoms with van der Waals surface area (Å²) in [5.41, 5.74) is 5.58. The number of nitrogens with one attached hydrogen (secondary N) is 1. The van der Waals surface area contributed by atoms with E-state index in [0.29, 0.717) is 0 Å². The van der Waals surface area contributed by atoms with Gasteiger partial charge in [0, 0.05) is 17.3 Å². The number of hydrogen-bond acceptors (Lipinski definition) is 3.